The Labute approximate surface area is 110 Å². The maximum atomic E-state index is 11.7. The number of carbonyl (C=O) groups excluding carboxylic acids is 1. The van der Waals surface area contributed by atoms with Crippen LogP contribution >= 0.6 is 0 Å². The number of hydrogen-bond acceptors (Lipinski definition) is 3. The number of carbonyl (C=O) groups is 2. The minimum absolute atomic E-state index is 0.0622. The van der Waals surface area contributed by atoms with Gasteiger partial charge < -0.3 is 15.2 Å². The van der Waals surface area contributed by atoms with Crippen LogP contribution in [0, 0.1) is 5.92 Å². The second-order valence-corrected chi connectivity index (χ2v) is 5.61. The summed E-state index contributed by atoms with van der Waals surface area (Å²) in [6.07, 6.45) is 0.671. The molecule has 0 saturated heterocycles. The summed E-state index contributed by atoms with van der Waals surface area (Å²) in [4.78, 5) is 22.6. The number of rotatable bonds is 2. The first kappa shape index (κ1) is 12.0. The monoisotopic (exact) mass is 261 g/mol. The number of benzene rings is 1. The van der Waals surface area contributed by atoms with Crippen molar-refractivity contribution >= 4 is 17.6 Å². The van der Waals surface area contributed by atoms with E-state index in [1.165, 1.54) is 0 Å². The molecule has 1 amide bonds. The quantitative estimate of drug-likeness (QED) is 0.853. The molecule has 5 heteroatoms. The van der Waals surface area contributed by atoms with Gasteiger partial charge in [-0.2, -0.15) is 0 Å². The van der Waals surface area contributed by atoms with Gasteiger partial charge in [0.1, 0.15) is 5.75 Å². The number of hydrogen-bond donors (Lipinski definition) is 2. The predicted molar refractivity (Wildman–Crippen MR) is 68.3 cm³/mol. The van der Waals surface area contributed by atoms with E-state index in [9.17, 15) is 9.59 Å². The largest absolute Gasteiger partial charge is 0.481 e. The maximum Gasteiger partial charge on any atom is 0.307 e. The summed E-state index contributed by atoms with van der Waals surface area (Å²) in [5, 5.41) is 11.7. The standard InChI is InChI=1S/C14H15NO4/c1-14(2)13(18)15-10-4-3-7(5-11(10)19-14)8-6-9(8)12(16)17/h3-5,8-9H,6H2,1-2H3,(H,15,18)(H,16,17). The Kier molecular flexibility index (Phi) is 2.36. The lowest BCUT2D eigenvalue weighted by atomic mass is 10.0. The molecule has 1 aliphatic carbocycles. The van der Waals surface area contributed by atoms with Crippen LogP contribution in [0.4, 0.5) is 5.69 Å². The highest BCUT2D eigenvalue weighted by molar-refractivity contribution is 6.00. The predicted octanol–water partition coefficient (Wildman–Crippen LogP) is 1.98. The fourth-order valence-corrected chi connectivity index (χ4v) is 2.39. The molecule has 3 rings (SSSR count). The third-order valence-electron chi connectivity index (χ3n) is 3.70. The topological polar surface area (TPSA) is 75.6 Å². The van der Waals surface area contributed by atoms with E-state index >= 15 is 0 Å². The molecule has 2 unspecified atom stereocenters. The van der Waals surface area contributed by atoms with E-state index in [1.807, 2.05) is 12.1 Å². The Morgan fingerprint density at radius 1 is 1.47 bits per heavy atom. The van der Waals surface area contributed by atoms with Gasteiger partial charge in [-0.25, -0.2) is 0 Å². The van der Waals surface area contributed by atoms with Crippen LogP contribution < -0.4 is 10.1 Å². The minimum Gasteiger partial charge on any atom is -0.481 e. The lowest BCUT2D eigenvalue weighted by Crippen LogP contribution is -2.45. The zero-order chi connectivity index (χ0) is 13.8. The van der Waals surface area contributed by atoms with Crippen LogP contribution in [0.5, 0.6) is 5.75 Å². The van der Waals surface area contributed by atoms with E-state index in [2.05, 4.69) is 5.32 Å². The molecule has 100 valence electrons. The summed E-state index contributed by atoms with van der Waals surface area (Å²) in [6.45, 7) is 3.41. The van der Waals surface area contributed by atoms with E-state index in [0.29, 0.717) is 17.9 Å². The van der Waals surface area contributed by atoms with Gasteiger partial charge in [0.2, 0.25) is 0 Å². The van der Waals surface area contributed by atoms with E-state index in [-0.39, 0.29) is 17.7 Å². The Bertz CT molecular complexity index is 579. The van der Waals surface area contributed by atoms with E-state index in [0.717, 1.165) is 5.56 Å². The zero-order valence-corrected chi connectivity index (χ0v) is 10.8. The first-order valence-corrected chi connectivity index (χ1v) is 6.26. The van der Waals surface area contributed by atoms with Gasteiger partial charge in [0.15, 0.2) is 5.60 Å². The Morgan fingerprint density at radius 2 is 2.21 bits per heavy atom. The van der Waals surface area contributed by atoms with Crippen molar-refractivity contribution < 1.29 is 19.4 Å². The summed E-state index contributed by atoms with van der Waals surface area (Å²) < 4.78 is 5.69. The fraction of sp³-hybridized carbons (Fsp3) is 0.429. The summed E-state index contributed by atoms with van der Waals surface area (Å²) >= 11 is 0. The van der Waals surface area contributed by atoms with Gasteiger partial charge in [-0.15, -0.1) is 0 Å². The van der Waals surface area contributed by atoms with E-state index in [1.54, 1.807) is 19.9 Å². The second kappa shape index (κ2) is 3.73. The van der Waals surface area contributed by atoms with Gasteiger partial charge in [0.05, 0.1) is 11.6 Å². The molecular weight excluding hydrogens is 246 g/mol. The van der Waals surface area contributed by atoms with Gasteiger partial charge >= 0.3 is 5.97 Å². The summed E-state index contributed by atoms with van der Waals surface area (Å²) in [7, 11) is 0. The summed E-state index contributed by atoms with van der Waals surface area (Å²) in [5.41, 5.74) is 0.695. The number of carboxylic acid groups (broad SMARTS) is 1. The first-order chi connectivity index (χ1) is 8.88. The Morgan fingerprint density at radius 3 is 2.84 bits per heavy atom. The number of amides is 1. The van der Waals surface area contributed by atoms with Crippen LogP contribution in [0.2, 0.25) is 0 Å². The molecule has 1 aromatic rings. The van der Waals surface area contributed by atoms with Crippen molar-refractivity contribution in [2.45, 2.75) is 31.8 Å². The molecule has 2 aliphatic rings. The smallest absolute Gasteiger partial charge is 0.307 e. The highest BCUT2D eigenvalue weighted by atomic mass is 16.5. The van der Waals surface area contributed by atoms with Crippen LogP contribution in [0.3, 0.4) is 0 Å². The average Bonchev–Trinajstić information content (AvgIpc) is 3.09. The molecule has 0 radical (unpaired) electrons. The van der Waals surface area contributed by atoms with Crippen LogP contribution in [0.15, 0.2) is 18.2 Å². The maximum absolute atomic E-state index is 11.7. The fourth-order valence-electron chi connectivity index (χ4n) is 2.39. The minimum atomic E-state index is -0.901. The molecule has 1 aliphatic heterocycles. The van der Waals surface area contributed by atoms with Crippen molar-refractivity contribution in [2.24, 2.45) is 5.92 Å². The number of nitrogens with one attached hydrogen (secondary N) is 1. The average molecular weight is 261 g/mol. The highest BCUT2D eigenvalue weighted by Crippen LogP contribution is 2.49. The molecule has 0 spiro atoms. The zero-order valence-electron chi connectivity index (χ0n) is 10.8. The molecule has 1 heterocycles. The Balaban J connectivity index is 1.89. The molecule has 1 saturated carbocycles. The van der Waals surface area contributed by atoms with Crippen LogP contribution in [0.1, 0.15) is 31.7 Å². The van der Waals surface area contributed by atoms with Crippen molar-refractivity contribution in [3.05, 3.63) is 23.8 Å². The molecule has 5 nitrogen and oxygen atoms in total. The van der Waals surface area contributed by atoms with Crippen molar-refractivity contribution in [2.75, 3.05) is 5.32 Å². The van der Waals surface area contributed by atoms with Crippen molar-refractivity contribution in [1.82, 2.24) is 0 Å². The molecule has 0 aromatic heterocycles. The lowest BCUT2D eigenvalue weighted by Gasteiger charge is -2.31. The number of fused-ring (bicyclic) bond motifs is 1. The number of carboxylic acids is 1. The van der Waals surface area contributed by atoms with Crippen LogP contribution in [-0.4, -0.2) is 22.6 Å². The van der Waals surface area contributed by atoms with Crippen LogP contribution in [-0.2, 0) is 9.59 Å². The number of aliphatic carboxylic acids is 1. The van der Waals surface area contributed by atoms with Gasteiger partial charge in [0.25, 0.3) is 5.91 Å². The normalized spacial score (nSPS) is 26.9. The lowest BCUT2D eigenvalue weighted by molar-refractivity contribution is -0.138. The highest BCUT2D eigenvalue weighted by Gasteiger charge is 2.45. The third kappa shape index (κ3) is 1.95. The van der Waals surface area contributed by atoms with Crippen molar-refractivity contribution in [3.8, 4) is 5.75 Å². The molecule has 0 bridgehead atoms. The number of ether oxygens (including phenoxy) is 1. The SMILES string of the molecule is CC1(C)Oc2cc(C3CC3C(=O)O)ccc2NC1=O. The molecule has 1 fully saturated rings. The molecular formula is C14H15NO4. The Hall–Kier alpha value is -2.04. The first-order valence-electron chi connectivity index (χ1n) is 6.26. The van der Waals surface area contributed by atoms with Crippen LogP contribution in [0.25, 0.3) is 0 Å². The van der Waals surface area contributed by atoms with Crippen molar-refractivity contribution in [3.63, 3.8) is 0 Å². The molecule has 2 atom stereocenters. The number of anilines is 1. The van der Waals surface area contributed by atoms with Gasteiger partial charge in [-0.05, 0) is 43.9 Å². The van der Waals surface area contributed by atoms with E-state index in [4.69, 9.17) is 9.84 Å². The van der Waals surface area contributed by atoms with Gasteiger partial charge in [0, 0.05) is 0 Å². The summed E-state index contributed by atoms with van der Waals surface area (Å²) in [6, 6.07) is 5.47. The van der Waals surface area contributed by atoms with Crippen molar-refractivity contribution in [1.29, 1.82) is 0 Å². The summed E-state index contributed by atoms with van der Waals surface area (Å²) in [5.74, 6) is -0.547. The molecule has 1 aromatic carbocycles. The van der Waals surface area contributed by atoms with E-state index < -0.39 is 11.6 Å². The molecule has 19 heavy (non-hydrogen) atoms. The van der Waals surface area contributed by atoms with Gasteiger partial charge in [-0.3, -0.25) is 9.59 Å². The third-order valence-corrected chi connectivity index (χ3v) is 3.70. The van der Waals surface area contributed by atoms with Gasteiger partial charge in [-0.1, -0.05) is 6.07 Å². The molecule has 2 N–H and O–H groups in total. The second-order valence-electron chi connectivity index (χ2n) is 5.61.